The van der Waals surface area contributed by atoms with Crippen LogP contribution in [0.2, 0.25) is 0 Å². The Hall–Kier alpha value is -1.81. The molecule has 0 aromatic heterocycles. The molecule has 0 aliphatic rings. The highest BCUT2D eigenvalue weighted by molar-refractivity contribution is 7.98. The summed E-state index contributed by atoms with van der Waals surface area (Å²) >= 11 is 1.57. The van der Waals surface area contributed by atoms with Crippen molar-refractivity contribution >= 4 is 35.5 Å². The smallest absolute Gasteiger partial charge is 0.326 e. The summed E-state index contributed by atoms with van der Waals surface area (Å²) in [6.45, 7) is 4.68. The number of rotatable bonds is 12. The molecule has 0 fully saturated rings. The number of aliphatic carboxylic acids is 1. The second kappa shape index (κ2) is 12.5. The lowest BCUT2D eigenvalue weighted by molar-refractivity contribution is -0.143. The molecule has 0 saturated heterocycles. The molecule has 26 heavy (non-hydrogen) atoms. The summed E-state index contributed by atoms with van der Waals surface area (Å²) in [5.41, 5.74) is 5.69. The molecule has 0 heterocycles. The van der Waals surface area contributed by atoms with Crippen molar-refractivity contribution < 1.29 is 24.3 Å². The average Bonchev–Trinajstić information content (AvgIpc) is 2.60. The maximum absolute atomic E-state index is 12.1. The summed E-state index contributed by atoms with van der Waals surface area (Å²) in [6, 6.07) is -2.65. The Labute approximate surface area is 158 Å². The van der Waals surface area contributed by atoms with Crippen molar-refractivity contribution in [3.63, 3.8) is 0 Å². The van der Waals surface area contributed by atoms with E-state index in [1.54, 1.807) is 18.7 Å². The van der Waals surface area contributed by atoms with E-state index in [2.05, 4.69) is 16.0 Å². The van der Waals surface area contributed by atoms with Crippen LogP contribution in [0.5, 0.6) is 0 Å². The van der Waals surface area contributed by atoms with Crippen LogP contribution < -0.4 is 21.7 Å². The molecule has 0 aliphatic heterocycles. The molecule has 3 amide bonds. The van der Waals surface area contributed by atoms with Gasteiger partial charge in [0.1, 0.15) is 12.1 Å². The number of carboxylic acid groups (broad SMARTS) is 1. The Morgan fingerprint density at radius 3 is 2.23 bits per heavy atom. The minimum atomic E-state index is -1.13. The number of amides is 3. The topological polar surface area (TPSA) is 151 Å². The van der Waals surface area contributed by atoms with Crippen LogP contribution in [0.15, 0.2) is 0 Å². The highest BCUT2D eigenvalue weighted by atomic mass is 32.2. The van der Waals surface area contributed by atoms with Crippen LogP contribution in [0.25, 0.3) is 0 Å². The van der Waals surface area contributed by atoms with E-state index in [0.29, 0.717) is 12.8 Å². The highest BCUT2D eigenvalue weighted by Crippen LogP contribution is 2.08. The van der Waals surface area contributed by atoms with Crippen molar-refractivity contribution in [3.05, 3.63) is 0 Å². The molecule has 0 saturated carbocycles. The molecule has 4 atom stereocenters. The van der Waals surface area contributed by atoms with E-state index in [4.69, 9.17) is 5.73 Å². The quantitative estimate of drug-likeness (QED) is 0.296. The first-order valence-electron chi connectivity index (χ1n) is 8.48. The lowest BCUT2D eigenvalue weighted by Gasteiger charge is -2.22. The molecule has 0 aliphatic carbocycles. The van der Waals surface area contributed by atoms with Gasteiger partial charge in [-0.1, -0.05) is 20.3 Å². The number of hydrogen-bond donors (Lipinski definition) is 5. The van der Waals surface area contributed by atoms with Crippen LogP contribution in [0.1, 0.15) is 33.6 Å². The van der Waals surface area contributed by atoms with Crippen LogP contribution >= 0.6 is 11.8 Å². The fourth-order valence-corrected chi connectivity index (χ4v) is 2.48. The van der Waals surface area contributed by atoms with E-state index >= 15 is 0 Å². The SMILES string of the molecule is CCC(C)C(NC(=O)C(C)NC(=O)CNC(=O)C(N)CCSC)C(=O)O. The Morgan fingerprint density at radius 2 is 1.73 bits per heavy atom. The van der Waals surface area contributed by atoms with E-state index in [9.17, 15) is 24.3 Å². The van der Waals surface area contributed by atoms with Crippen LogP contribution in [0, 0.1) is 5.92 Å². The van der Waals surface area contributed by atoms with Crippen molar-refractivity contribution in [2.24, 2.45) is 11.7 Å². The summed E-state index contributed by atoms with van der Waals surface area (Å²) in [7, 11) is 0. The van der Waals surface area contributed by atoms with Gasteiger partial charge in [-0.25, -0.2) is 4.79 Å². The van der Waals surface area contributed by atoms with E-state index in [-0.39, 0.29) is 12.5 Å². The molecule has 0 aromatic rings. The Kier molecular flexibility index (Phi) is 11.7. The normalized spacial score (nSPS) is 15.3. The Morgan fingerprint density at radius 1 is 1.12 bits per heavy atom. The monoisotopic (exact) mass is 390 g/mol. The average molecular weight is 391 g/mol. The van der Waals surface area contributed by atoms with Gasteiger partial charge in [-0.2, -0.15) is 11.8 Å². The minimum Gasteiger partial charge on any atom is -0.480 e. The third-order valence-corrected chi connectivity index (χ3v) is 4.58. The molecule has 6 N–H and O–H groups in total. The summed E-state index contributed by atoms with van der Waals surface area (Å²) < 4.78 is 0. The number of nitrogens with two attached hydrogens (primary N) is 1. The van der Waals surface area contributed by atoms with E-state index in [0.717, 1.165) is 5.75 Å². The number of carboxylic acids is 1. The van der Waals surface area contributed by atoms with Crippen molar-refractivity contribution in [1.29, 1.82) is 0 Å². The summed E-state index contributed by atoms with van der Waals surface area (Å²) in [6.07, 6.45) is 2.99. The Bertz CT molecular complexity index is 503. The maximum Gasteiger partial charge on any atom is 0.326 e. The number of nitrogens with one attached hydrogen (secondary N) is 3. The molecule has 0 spiro atoms. The van der Waals surface area contributed by atoms with Crippen molar-refractivity contribution in [2.45, 2.75) is 51.7 Å². The molecule has 4 unspecified atom stereocenters. The predicted octanol–water partition coefficient (Wildman–Crippen LogP) is -0.697. The third kappa shape index (κ3) is 9.04. The van der Waals surface area contributed by atoms with Gasteiger partial charge in [-0.15, -0.1) is 0 Å². The zero-order chi connectivity index (χ0) is 20.3. The summed E-state index contributed by atoms with van der Waals surface area (Å²) in [4.78, 5) is 46.9. The fraction of sp³-hybridized carbons (Fsp3) is 0.750. The zero-order valence-corrected chi connectivity index (χ0v) is 16.5. The molecule has 0 aromatic carbocycles. The Balaban J connectivity index is 4.41. The molecule has 9 nitrogen and oxygen atoms in total. The molecule has 0 rings (SSSR count). The van der Waals surface area contributed by atoms with Crippen molar-refractivity contribution in [2.75, 3.05) is 18.6 Å². The molecule has 150 valence electrons. The maximum atomic E-state index is 12.1. The number of hydrogen-bond acceptors (Lipinski definition) is 6. The molecule has 0 radical (unpaired) electrons. The van der Waals surface area contributed by atoms with Crippen LogP contribution in [0.4, 0.5) is 0 Å². The van der Waals surface area contributed by atoms with E-state index < -0.39 is 41.8 Å². The number of thioether (sulfide) groups is 1. The van der Waals surface area contributed by atoms with Gasteiger partial charge < -0.3 is 26.8 Å². The molecular weight excluding hydrogens is 360 g/mol. The van der Waals surface area contributed by atoms with Gasteiger partial charge in [0, 0.05) is 0 Å². The molecule has 0 bridgehead atoms. The van der Waals surface area contributed by atoms with Gasteiger partial charge in [0.05, 0.1) is 12.6 Å². The van der Waals surface area contributed by atoms with Crippen LogP contribution in [-0.2, 0) is 19.2 Å². The fourth-order valence-electron chi connectivity index (χ4n) is 1.99. The van der Waals surface area contributed by atoms with Gasteiger partial charge in [-0.3, -0.25) is 14.4 Å². The summed E-state index contributed by atoms with van der Waals surface area (Å²) in [5, 5.41) is 16.4. The number of carbonyl (C=O) groups excluding carboxylic acids is 3. The lowest BCUT2D eigenvalue weighted by atomic mass is 9.99. The van der Waals surface area contributed by atoms with Crippen molar-refractivity contribution in [3.8, 4) is 0 Å². The standard InChI is InChI=1S/C16H30N4O5S/c1-5-9(2)13(16(24)25)20-14(22)10(3)19-12(21)8-18-15(23)11(17)6-7-26-4/h9-11,13H,5-8,17H2,1-4H3,(H,18,23)(H,19,21)(H,20,22)(H,24,25). The summed E-state index contributed by atoms with van der Waals surface area (Å²) in [5.74, 6) is -2.24. The first-order valence-corrected chi connectivity index (χ1v) is 9.88. The van der Waals surface area contributed by atoms with Crippen LogP contribution in [0.3, 0.4) is 0 Å². The van der Waals surface area contributed by atoms with Crippen molar-refractivity contribution in [1.82, 2.24) is 16.0 Å². The predicted molar refractivity (Wildman–Crippen MR) is 101 cm³/mol. The van der Waals surface area contributed by atoms with Gasteiger partial charge >= 0.3 is 5.97 Å². The first kappa shape index (κ1) is 24.2. The van der Waals surface area contributed by atoms with Gasteiger partial charge in [-0.05, 0) is 31.3 Å². The zero-order valence-electron chi connectivity index (χ0n) is 15.7. The second-order valence-corrected chi connectivity index (χ2v) is 7.09. The highest BCUT2D eigenvalue weighted by Gasteiger charge is 2.27. The third-order valence-electron chi connectivity index (χ3n) is 3.94. The second-order valence-electron chi connectivity index (χ2n) is 6.11. The van der Waals surface area contributed by atoms with E-state index in [1.807, 2.05) is 13.2 Å². The first-order chi connectivity index (χ1) is 12.1. The van der Waals surface area contributed by atoms with Gasteiger partial charge in [0.15, 0.2) is 0 Å². The lowest BCUT2D eigenvalue weighted by Crippen LogP contribution is -2.54. The number of carbonyl (C=O) groups is 4. The molecule has 10 heteroatoms. The molecular formula is C16H30N4O5S. The minimum absolute atomic E-state index is 0.249. The van der Waals surface area contributed by atoms with Gasteiger partial charge in [0.25, 0.3) is 0 Å². The van der Waals surface area contributed by atoms with Gasteiger partial charge in [0.2, 0.25) is 17.7 Å². The largest absolute Gasteiger partial charge is 0.480 e. The van der Waals surface area contributed by atoms with E-state index in [1.165, 1.54) is 6.92 Å². The van der Waals surface area contributed by atoms with Crippen LogP contribution in [-0.4, -0.2) is 65.5 Å².